The van der Waals surface area contributed by atoms with Gasteiger partial charge >= 0.3 is 0 Å². The molecule has 2 aliphatic rings. The Labute approximate surface area is 364 Å². The zero-order chi connectivity index (χ0) is 42.0. The maximum atomic E-state index is 5.39. The minimum atomic E-state index is -0.330. The third-order valence-corrected chi connectivity index (χ3v) is 13.2. The van der Waals surface area contributed by atoms with Crippen molar-refractivity contribution < 1.29 is 0 Å². The highest BCUT2D eigenvalue weighted by molar-refractivity contribution is 5.90. The van der Waals surface area contributed by atoms with E-state index in [2.05, 4.69) is 196 Å². The van der Waals surface area contributed by atoms with Crippen LogP contribution in [-0.4, -0.2) is 15.0 Å². The largest absolute Gasteiger partial charge is 0.310 e. The average Bonchev–Trinajstić information content (AvgIpc) is 3.32. The van der Waals surface area contributed by atoms with Gasteiger partial charge in [0.15, 0.2) is 11.6 Å². The Bertz CT molecular complexity index is 2790. The lowest BCUT2D eigenvalue weighted by Crippen LogP contribution is -2.35. The zero-order valence-electron chi connectivity index (χ0n) is 35.4. The molecule has 4 nitrogen and oxygen atoms in total. The van der Waals surface area contributed by atoms with Crippen LogP contribution in [0.5, 0.6) is 0 Å². The molecule has 2 heterocycles. The van der Waals surface area contributed by atoms with Gasteiger partial charge in [0.1, 0.15) is 5.82 Å². The Hall–Kier alpha value is -7.43. The van der Waals surface area contributed by atoms with Gasteiger partial charge in [-0.3, -0.25) is 0 Å². The first kappa shape index (κ1) is 37.6. The van der Waals surface area contributed by atoms with Crippen LogP contribution in [0.25, 0.3) is 45.0 Å². The molecule has 0 spiro atoms. The third kappa shape index (κ3) is 6.17. The number of aromatic nitrogens is 3. The second-order valence-corrected chi connectivity index (χ2v) is 17.7. The van der Waals surface area contributed by atoms with Crippen molar-refractivity contribution in [2.45, 2.75) is 44.4 Å². The number of fused-ring (bicyclic) bond motifs is 4. The highest BCUT2D eigenvalue weighted by atomic mass is 15.2. The molecule has 1 aromatic heterocycles. The first-order valence-electron chi connectivity index (χ1n) is 21.6. The number of benzene rings is 8. The first-order valence-corrected chi connectivity index (χ1v) is 21.6. The minimum absolute atomic E-state index is 0.236. The van der Waals surface area contributed by atoms with Gasteiger partial charge in [0.25, 0.3) is 0 Å². The summed E-state index contributed by atoms with van der Waals surface area (Å²) in [6.45, 7) is 9.51. The summed E-state index contributed by atoms with van der Waals surface area (Å²) in [5.41, 5.74) is 17.0. The number of hydrogen-bond donors (Lipinski definition) is 0. The smallest absolute Gasteiger partial charge is 0.163 e. The van der Waals surface area contributed by atoms with Gasteiger partial charge in [-0.1, -0.05) is 198 Å². The van der Waals surface area contributed by atoms with Gasteiger partial charge in [-0.2, -0.15) is 0 Å². The van der Waals surface area contributed by atoms with Gasteiger partial charge in [-0.05, 0) is 86.0 Å². The molecular weight excluding hydrogens is 753 g/mol. The van der Waals surface area contributed by atoms with Gasteiger partial charge in [-0.15, -0.1) is 0 Å². The Morgan fingerprint density at radius 3 is 1.39 bits per heavy atom. The lowest BCUT2D eigenvalue weighted by Gasteiger charge is -2.46. The lowest BCUT2D eigenvalue weighted by molar-refractivity contribution is 0.582. The second-order valence-electron chi connectivity index (χ2n) is 17.7. The fourth-order valence-corrected chi connectivity index (χ4v) is 10.0. The molecule has 1 unspecified atom stereocenters. The van der Waals surface area contributed by atoms with Crippen LogP contribution in [0.3, 0.4) is 0 Å². The summed E-state index contributed by atoms with van der Waals surface area (Å²) in [7, 11) is 0. The molecule has 298 valence electrons. The number of rotatable bonds is 6. The number of nitrogens with zero attached hydrogens (tertiary/aromatic N) is 4. The van der Waals surface area contributed by atoms with Gasteiger partial charge in [-0.25, -0.2) is 15.0 Å². The molecule has 62 heavy (non-hydrogen) atoms. The first-order chi connectivity index (χ1) is 30.3. The number of anilines is 3. The van der Waals surface area contributed by atoms with E-state index in [4.69, 9.17) is 15.0 Å². The highest BCUT2D eigenvalue weighted by Crippen LogP contribution is 2.57. The molecule has 8 aromatic carbocycles. The summed E-state index contributed by atoms with van der Waals surface area (Å²) in [4.78, 5) is 18.4. The van der Waals surface area contributed by atoms with E-state index in [9.17, 15) is 0 Å². The molecule has 0 saturated heterocycles. The quantitative estimate of drug-likeness (QED) is 0.168. The molecule has 9 aromatic rings. The van der Waals surface area contributed by atoms with Crippen LogP contribution in [0.4, 0.5) is 17.1 Å². The molecule has 4 heteroatoms. The Kier molecular flexibility index (Phi) is 8.87. The summed E-state index contributed by atoms with van der Waals surface area (Å²) in [5.74, 6) is 1.85. The van der Waals surface area contributed by atoms with Crippen molar-refractivity contribution >= 4 is 17.1 Å². The van der Waals surface area contributed by atoms with Crippen molar-refractivity contribution in [2.75, 3.05) is 4.90 Å². The number of para-hydroxylation sites is 1. The van der Waals surface area contributed by atoms with Gasteiger partial charge in [0.2, 0.25) is 0 Å². The van der Waals surface area contributed by atoms with Crippen molar-refractivity contribution in [3.8, 4) is 45.0 Å². The van der Waals surface area contributed by atoms with Crippen molar-refractivity contribution in [1.29, 1.82) is 0 Å². The van der Waals surface area contributed by atoms with E-state index in [1.54, 1.807) is 0 Å². The lowest BCUT2D eigenvalue weighted by atomic mass is 9.62. The normalized spacial score (nSPS) is 15.5. The van der Waals surface area contributed by atoms with Crippen molar-refractivity contribution in [1.82, 2.24) is 15.0 Å². The van der Waals surface area contributed by atoms with E-state index in [1.807, 2.05) is 36.4 Å². The predicted octanol–water partition coefficient (Wildman–Crippen LogP) is 14.5. The monoisotopic (exact) mass is 798 g/mol. The summed E-state index contributed by atoms with van der Waals surface area (Å²) in [6.07, 6.45) is 0. The molecule has 0 amide bonds. The molecule has 1 aliphatic carbocycles. The van der Waals surface area contributed by atoms with Gasteiger partial charge < -0.3 is 4.90 Å². The van der Waals surface area contributed by atoms with Crippen LogP contribution in [0, 0.1) is 0 Å². The van der Waals surface area contributed by atoms with Gasteiger partial charge in [0, 0.05) is 27.6 Å². The molecule has 0 radical (unpaired) electrons. The molecule has 1 atom stereocenters. The second kappa shape index (κ2) is 14.6. The van der Waals surface area contributed by atoms with E-state index < -0.39 is 0 Å². The Morgan fingerprint density at radius 1 is 0.355 bits per heavy atom. The maximum absolute atomic E-state index is 5.39. The van der Waals surface area contributed by atoms with E-state index >= 15 is 0 Å². The van der Waals surface area contributed by atoms with E-state index in [1.165, 1.54) is 67.0 Å². The molecule has 0 saturated carbocycles. The topological polar surface area (TPSA) is 41.9 Å². The van der Waals surface area contributed by atoms with E-state index in [-0.39, 0.29) is 16.7 Å². The van der Waals surface area contributed by atoms with E-state index in [0.29, 0.717) is 11.6 Å². The summed E-state index contributed by atoms with van der Waals surface area (Å²) in [5, 5.41) is 0. The maximum Gasteiger partial charge on any atom is 0.163 e. The average molecular weight is 799 g/mol. The van der Waals surface area contributed by atoms with Crippen LogP contribution >= 0.6 is 0 Å². The van der Waals surface area contributed by atoms with Crippen LogP contribution < -0.4 is 4.90 Å². The Morgan fingerprint density at radius 2 is 0.823 bits per heavy atom. The standard InChI is InChI=1S/C58H46N4/c1-57(2)47-30-18-17-29-45(47)53(56-60-54(40-25-13-7-14-26-40)59-55(61-56)41-27-15-8-16-28-41)46-36-50-52(37-49(46)57)62(51-32-20-19-31-48(51)58(50,3)4)44-34-42(38-21-9-5-10-22-38)33-43(35-44)39-23-11-6-12-24-39/h5-37,53H,1-4H3. The summed E-state index contributed by atoms with van der Waals surface area (Å²) in [6, 6.07) is 72.0. The molecule has 1 aliphatic heterocycles. The van der Waals surface area contributed by atoms with Crippen LogP contribution in [-0.2, 0) is 10.8 Å². The molecule has 0 bridgehead atoms. The summed E-state index contributed by atoms with van der Waals surface area (Å²) < 4.78 is 0. The molecule has 11 rings (SSSR count). The molecular formula is C58H46N4. The van der Waals surface area contributed by atoms with Crippen molar-refractivity contribution in [2.24, 2.45) is 0 Å². The third-order valence-electron chi connectivity index (χ3n) is 13.2. The van der Waals surface area contributed by atoms with E-state index in [0.717, 1.165) is 22.6 Å². The predicted molar refractivity (Wildman–Crippen MR) is 254 cm³/mol. The van der Waals surface area contributed by atoms with Crippen LogP contribution in [0.1, 0.15) is 72.8 Å². The Balaban J connectivity index is 1.19. The van der Waals surface area contributed by atoms with Crippen LogP contribution in [0.2, 0.25) is 0 Å². The SMILES string of the molecule is CC1(C)c2ccccc2C(c2nc(-c3ccccc3)nc(-c3ccccc3)n2)c2cc3c(cc21)N(c1cc(-c2ccccc2)cc(-c2ccccc2)c1)c1ccccc1C3(C)C. The minimum Gasteiger partial charge on any atom is -0.310 e. The molecule has 0 fully saturated rings. The summed E-state index contributed by atoms with van der Waals surface area (Å²) >= 11 is 0. The number of hydrogen-bond acceptors (Lipinski definition) is 4. The molecule has 0 N–H and O–H groups in total. The van der Waals surface area contributed by atoms with Gasteiger partial charge in [0.05, 0.1) is 17.3 Å². The zero-order valence-corrected chi connectivity index (χ0v) is 35.4. The fourth-order valence-electron chi connectivity index (χ4n) is 10.0. The van der Waals surface area contributed by atoms with Crippen molar-refractivity contribution in [3.05, 3.63) is 239 Å². The highest BCUT2D eigenvalue weighted by Gasteiger charge is 2.44. The fraction of sp³-hybridized carbons (Fsp3) is 0.121. The van der Waals surface area contributed by atoms with Crippen molar-refractivity contribution in [3.63, 3.8) is 0 Å². The van der Waals surface area contributed by atoms with Crippen LogP contribution in [0.15, 0.2) is 200 Å².